The number of nitrogens with zero attached hydrogens (tertiary/aromatic N) is 3. The van der Waals surface area contributed by atoms with Gasteiger partial charge in [0, 0.05) is 25.3 Å². The van der Waals surface area contributed by atoms with E-state index in [-0.39, 0.29) is 29.2 Å². The van der Waals surface area contributed by atoms with Gasteiger partial charge in [0.1, 0.15) is 10.6 Å². The summed E-state index contributed by atoms with van der Waals surface area (Å²) in [5.41, 5.74) is 0.571. The molecule has 1 amide bonds. The second-order valence-corrected chi connectivity index (χ2v) is 9.25. The second-order valence-electron chi connectivity index (χ2n) is 7.34. The van der Waals surface area contributed by atoms with Crippen LogP contribution in [0.4, 0.5) is 5.69 Å². The molecule has 0 N–H and O–H groups in total. The van der Waals surface area contributed by atoms with E-state index >= 15 is 0 Å². The van der Waals surface area contributed by atoms with Crippen molar-refractivity contribution in [2.45, 2.75) is 24.2 Å². The van der Waals surface area contributed by atoms with Crippen LogP contribution >= 0.6 is 0 Å². The monoisotopic (exact) mass is 471 g/mol. The smallest absolute Gasteiger partial charge is 0.338 e. The number of rotatable bonds is 9. The Morgan fingerprint density at radius 1 is 1.12 bits per heavy atom. The molecule has 3 rings (SSSR count). The highest BCUT2D eigenvalue weighted by Crippen LogP contribution is 2.30. The number of ether oxygens (including phenoxy) is 2. The average molecular weight is 472 g/mol. The highest BCUT2D eigenvalue weighted by molar-refractivity contribution is 7.89. The van der Waals surface area contributed by atoms with Gasteiger partial charge in [-0.1, -0.05) is 18.2 Å². The molecule has 0 radical (unpaired) electrons. The number of benzene rings is 2. The maximum absolute atomic E-state index is 13.0. The fraction of sp³-hybridized carbons (Fsp3) is 0.348. The van der Waals surface area contributed by atoms with E-state index in [1.807, 2.05) is 6.07 Å². The zero-order valence-electron chi connectivity index (χ0n) is 18.3. The third-order valence-electron chi connectivity index (χ3n) is 5.23. The van der Waals surface area contributed by atoms with Gasteiger partial charge >= 0.3 is 5.97 Å². The predicted molar refractivity (Wildman–Crippen MR) is 120 cm³/mol. The molecule has 1 aliphatic heterocycles. The third-order valence-corrected chi connectivity index (χ3v) is 7.14. The van der Waals surface area contributed by atoms with Gasteiger partial charge in [0.2, 0.25) is 10.0 Å². The Bertz CT molecular complexity index is 1140. The molecular formula is C23H25N3O6S. The quantitative estimate of drug-likeness (QED) is 0.516. The standard InChI is InChI=1S/C23H25N3O6S/c1-31-20-11-10-18(16-21(20)33(29,30)25-13-5-6-14-25)23(28)32-17-22(27)26(15-7-12-24)19-8-3-2-4-9-19/h2-4,8-11,16H,5-7,13-15,17H2,1H3. The molecule has 1 aliphatic rings. The Balaban J connectivity index is 1.76. The van der Waals surface area contributed by atoms with Gasteiger partial charge in [0.25, 0.3) is 5.91 Å². The number of esters is 1. The molecule has 0 aromatic heterocycles. The molecule has 33 heavy (non-hydrogen) atoms. The van der Waals surface area contributed by atoms with Crippen molar-refractivity contribution in [3.63, 3.8) is 0 Å². The summed E-state index contributed by atoms with van der Waals surface area (Å²) in [6.07, 6.45) is 1.66. The van der Waals surface area contributed by atoms with Crippen LogP contribution in [0, 0.1) is 11.3 Å². The Hall–Kier alpha value is -3.42. The number of carbonyl (C=O) groups is 2. The first-order chi connectivity index (χ1) is 15.9. The second kappa shape index (κ2) is 10.9. The van der Waals surface area contributed by atoms with Crippen LogP contribution in [0.25, 0.3) is 0 Å². The molecule has 1 fully saturated rings. The Morgan fingerprint density at radius 3 is 2.45 bits per heavy atom. The maximum Gasteiger partial charge on any atom is 0.338 e. The van der Waals surface area contributed by atoms with Gasteiger partial charge in [0.15, 0.2) is 6.61 Å². The highest BCUT2D eigenvalue weighted by atomic mass is 32.2. The van der Waals surface area contributed by atoms with E-state index in [0.29, 0.717) is 18.8 Å². The number of hydrogen-bond acceptors (Lipinski definition) is 7. The van der Waals surface area contributed by atoms with Crippen molar-refractivity contribution in [3.05, 3.63) is 54.1 Å². The number of methoxy groups -OCH3 is 1. The van der Waals surface area contributed by atoms with Crippen LogP contribution in [0.3, 0.4) is 0 Å². The minimum Gasteiger partial charge on any atom is -0.495 e. The topological polar surface area (TPSA) is 117 Å². The fourth-order valence-electron chi connectivity index (χ4n) is 3.53. The van der Waals surface area contributed by atoms with E-state index in [0.717, 1.165) is 12.8 Å². The van der Waals surface area contributed by atoms with E-state index in [9.17, 15) is 18.0 Å². The minimum atomic E-state index is -3.83. The third kappa shape index (κ3) is 5.69. The number of para-hydroxylation sites is 1. The highest BCUT2D eigenvalue weighted by Gasteiger charge is 2.31. The van der Waals surface area contributed by atoms with Crippen molar-refractivity contribution in [1.82, 2.24) is 4.31 Å². The molecule has 0 aliphatic carbocycles. The Kier molecular flexibility index (Phi) is 8.03. The van der Waals surface area contributed by atoms with Gasteiger partial charge in [-0.25, -0.2) is 13.2 Å². The van der Waals surface area contributed by atoms with E-state index in [2.05, 4.69) is 0 Å². The Morgan fingerprint density at radius 2 is 1.82 bits per heavy atom. The molecule has 174 valence electrons. The van der Waals surface area contributed by atoms with Gasteiger partial charge in [-0.3, -0.25) is 4.79 Å². The summed E-state index contributed by atoms with van der Waals surface area (Å²) in [7, 11) is -2.48. The minimum absolute atomic E-state index is 0.00958. The lowest BCUT2D eigenvalue weighted by Crippen LogP contribution is -2.35. The van der Waals surface area contributed by atoms with E-state index in [1.54, 1.807) is 30.3 Å². The number of nitriles is 1. The number of anilines is 1. The number of hydrogen-bond donors (Lipinski definition) is 0. The number of sulfonamides is 1. The normalized spacial score (nSPS) is 13.8. The van der Waals surface area contributed by atoms with E-state index < -0.39 is 28.5 Å². The van der Waals surface area contributed by atoms with Gasteiger partial charge in [0.05, 0.1) is 25.2 Å². The molecule has 9 nitrogen and oxygen atoms in total. The summed E-state index contributed by atoms with van der Waals surface area (Å²) >= 11 is 0. The summed E-state index contributed by atoms with van der Waals surface area (Å²) in [5, 5.41) is 8.89. The maximum atomic E-state index is 13.0. The molecule has 2 aromatic carbocycles. The van der Waals surface area contributed by atoms with E-state index in [4.69, 9.17) is 14.7 Å². The van der Waals surface area contributed by atoms with E-state index in [1.165, 1.54) is 34.5 Å². The van der Waals surface area contributed by atoms with Crippen molar-refractivity contribution in [2.24, 2.45) is 0 Å². The van der Waals surface area contributed by atoms with Crippen LogP contribution in [-0.4, -0.2) is 58.0 Å². The van der Waals surface area contributed by atoms with Crippen LogP contribution < -0.4 is 9.64 Å². The molecular weight excluding hydrogens is 446 g/mol. The molecule has 0 spiro atoms. The van der Waals surface area contributed by atoms with Gasteiger partial charge in [-0.15, -0.1) is 0 Å². The summed E-state index contributed by atoms with van der Waals surface area (Å²) in [4.78, 5) is 26.6. The molecule has 10 heteroatoms. The first kappa shape index (κ1) is 24.2. The lowest BCUT2D eigenvalue weighted by atomic mass is 10.2. The first-order valence-electron chi connectivity index (χ1n) is 10.5. The van der Waals surface area contributed by atoms with Crippen LogP contribution in [0.15, 0.2) is 53.4 Å². The summed E-state index contributed by atoms with van der Waals surface area (Å²) in [6.45, 7) is 0.413. The molecule has 0 bridgehead atoms. The molecule has 1 saturated heterocycles. The van der Waals surface area contributed by atoms with Crippen LogP contribution in [-0.2, 0) is 19.6 Å². The average Bonchev–Trinajstić information content (AvgIpc) is 3.39. The Labute approximate surface area is 193 Å². The molecule has 0 atom stereocenters. The first-order valence-corrected chi connectivity index (χ1v) is 11.9. The van der Waals surface area contributed by atoms with Crippen LogP contribution in [0.5, 0.6) is 5.75 Å². The van der Waals surface area contributed by atoms with Crippen molar-refractivity contribution in [1.29, 1.82) is 5.26 Å². The lowest BCUT2D eigenvalue weighted by Gasteiger charge is -2.21. The van der Waals surface area contributed by atoms with Crippen molar-refractivity contribution in [2.75, 3.05) is 38.3 Å². The van der Waals surface area contributed by atoms with Crippen LogP contribution in [0.2, 0.25) is 0 Å². The fourth-order valence-corrected chi connectivity index (χ4v) is 5.23. The SMILES string of the molecule is COc1ccc(C(=O)OCC(=O)N(CCC#N)c2ccccc2)cc1S(=O)(=O)N1CCCC1. The van der Waals surface area contributed by atoms with Gasteiger partial charge in [-0.2, -0.15) is 9.57 Å². The number of amides is 1. The van der Waals surface area contributed by atoms with Crippen molar-refractivity contribution in [3.8, 4) is 11.8 Å². The van der Waals surface area contributed by atoms with Gasteiger partial charge < -0.3 is 14.4 Å². The molecule has 1 heterocycles. The zero-order valence-corrected chi connectivity index (χ0v) is 19.1. The summed E-state index contributed by atoms with van der Waals surface area (Å²) in [5.74, 6) is -1.21. The van der Waals surface area contributed by atoms with Crippen molar-refractivity contribution >= 4 is 27.6 Å². The molecule has 0 saturated carbocycles. The lowest BCUT2D eigenvalue weighted by molar-refractivity contribution is -0.121. The van der Waals surface area contributed by atoms with Crippen LogP contribution in [0.1, 0.15) is 29.6 Å². The summed E-state index contributed by atoms with van der Waals surface area (Å²) < 4.78 is 37.7. The number of carbonyl (C=O) groups excluding carboxylic acids is 2. The zero-order chi connectivity index (χ0) is 23.8. The largest absolute Gasteiger partial charge is 0.495 e. The van der Waals surface area contributed by atoms with Crippen molar-refractivity contribution < 1.29 is 27.5 Å². The van der Waals surface area contributed by atoms with Gasteiger partial charge in [-0.05, 0) is 43.2 Å². The molecule has 0 unspecified atom stereocenters. The summed E-state index contributed by atoms with van der Waals surface area (Å²) in [6, 6.07) is 14.7. The molecule has 2 aromatic rings. The predicted octanol–water partition coefficient (Wildman–Crippen LogP) is 2.58.